The first kappa shape index (κ1) is 12.5. The summed E-state index contributed by atoms with van der Waals surface area (Å²) in [5.74, 6) is -0.532. The molecule has 0 fully saturated rings. The molecule has 0 atom stereocenters. The van der Waals surface area contributed by atoms with Crippen molar-refractivity contribution in [2.24, 2.45) is 0 Å². The van der Waals surface area contributed by atoms with Crippen LogP contribution in [0.4, 0.5) is 4.39 Å². The van der Waals surface area contributed by atoms with Crippen LogP contribution in [0.2, 0.25) is 0 Å². The molecule has 0 saturated carbocycles. The Morgan fingerprint density at radius 2 is 1.95 bits per heavy atom. The third kappa shape index (κ3) is 1.87. The predicted molar refractivity (Wildman–Crippen MR) is 71.1 cm³/mol. The van der Waals surface area contributed by atoms with Gasteiger partial charge in [-0.15, -0.1) is 0 Å². The van der Waals surface area contributed by atoms with E-state index in [-0.39, 0.29) is 23.1 Å². The molecular formula is C15H11FN2O2. The second-order valence-corrected chi connectivity index (χ2v) is 4.52. The van der Waals surface area contributed by atoms with Gasteiger partial charge in [0.05, 0.1) is 5.69 Å². The largest absolute Gasteiger partial charge is 0.452 e. The van der Waals surface area contributed by atoms with E-state index in [0.717, 1.165) is 0 Å². The lowest BCUT2D eigenvalue weighted by atomic mass is 10.1. The summed E-state index contributed by atoms with van der Waals surface area (Å²) in [6, 6.07) is 4.17. The molecule has 0 amide bonds. The fourth-order valence-electron chi connectivity index (χ4n) is 2.15. The van der Waals surface area contributed by atoms with E-state index in [9.17, 15) is 9.18 Å². The number of ketones is 1. The number of rotatable bonds is 2. The number of benzene rings is 1. The Balaban J connectivity index is 2.18. The summed E-state index contributed by atoms with van der Waals surface area (Å²) in [6.07, 6.45) is 2.98. The number of halogens is 1. The number of fused-ring (bicyclic) bond motifs is 1. The summed E-state index contributed by atoms with van der Waals surface area (Å²) in [6.45, 7) is 3.43. The zero-order valence-corrected chi connectivity index (χ0v) is 11.0. The van der Waals surface area contributed by atoms with Crippen molar-refractivity contribution in [2.75, 3.05) is 0 Å². The molecule has 3 aromatic rings. The summed E-state index contributed by atoms with van der Waals surface area (Å²) in [5.41, 5.74) is 1.86. The maximum atomic E-state index is 13.3. The molecule has 20 heavy (non-hydrogen) atoms. The number of nitrogens with zero attached hydrogens (tertiary/aromatic N) is 2. The van der Waals surface area contributed by atoms with Crippen molar-refractivity contribution in [3.8, 4) is 0 Å². The summed E-state index contributed by atoms with van der Waals surface area (Å²) in [4.78, 5) is 20.5. The standard InChI is InChI=1S/C15H11FN2O2/c1-8-11-7-10(16)3-4-12(11)20-15(8)14(19)13-9(2)17-5-6-18-13/h3-7H,1-2H3. The van der Waals surface area contributed by atoms with Crippen molar-refractivity contribution in [2.45, 2.75) is 13.8 Å². The van der Waals surface area contributed by atoms with E-state index in [0.29, 0.717) is 22.2 Å². The summed E-state index contributed by atoms with van der Waals surface area (Å²) >= 11 is 0. The van der Waals surface area contributed by atoms with E-state index < -0.39 is 0 Å². The fourth-order valence-corrected chi connectivity index (χ4v) is 2.15. The SMILES string of the molecule is Cc1nccnc1C(=O)c1oc2ccc(F)cc2c1C. The molecule has 0 aliphatic carbocycles. The van der Waals surface area contributed by atoms with Gasteiger partial charge in [0.15, 0.2) is 5.76 Å². The second-order valence-electron chi connectivity index (χ2n) is 4.52. The Kier molecular flexibility index (Phi) is 2.82. The lowest BCUT2D eigenvalue weighted by molar-refractivity contribution is 0.100. The Hall–Kier alpha value is -2.56. The minimum atomic E-state index is -0.365. The Labute approximate surface area is 114 Å². The zero-order chi connectivity index (χ0) is 14.3. The highest BCUT2D eigenvalue weighted by molar-refractivity contribution is 6.09. The van der Waals surface area contributed by atoms with Crippen LogP contribution in [0.3, 0.4) is 0 Å². The molecule has 0 saturated heterocycles. The van der Waals surface area contributed by atoms with Crippen molar-refractivity contribution < 1.29 is 13.6 Å². The van der Waals surface area contributed by atoms with Gasteiger partial charge in [-0.1, -0.05) is 0 Å². The van der Waals surface area contributed by atoms with E-state index in [1.54, 1.807) is 13.8 Å². The van der Waals surface area contributed by atoms with Crippen molar-refractivity contribution in [1.82, 2.24) is 9.97 Å². The summed E-state index contributed by atoms with van der Waals surface area (Å²) in [7, 11) is 0. The van der Waals surface area contributed by atoms with Gasteiger partial charge in [0, 0.05) is 23.3 Å². The first-order valence-electron chi connectivity index (χ1n) is 6.09. The average Bonchev–Trinajstić information content (AvgIpc) is 2.76. The highest BCUT2D eigenvalue weighted by Gasteiger charge is 2.22. The third-order valence-corrected chi connectivity index (χ3v) is 3.20. The molecule has 4 nitrogen and oxygen atoms in total. The van der Waals surface area contributed by atoms with Gasteiger partial charge in [-0.3, -0.25) is 9.78 Å². The molecule has 0 aliphatic heterocycles. The third-order valence-electron chi connectivity index (χ3n) is 3.20. The second kappa shape index (κ2) is 4.52. The number of furan rings is 1. The van der Waals surface area contributed by atoms with Gasteiger partial charge in [-0.05, 0) is 32.0 Å². The van der Waals surface area contributed by atoms with Crippen molar-refractivity contribution in [1.29, 1.82) is 0 Å². The molecular weight excluding hydrogens is 259 g/mol. The van der Waals surface area contributed by atoms with Gasteiger partial charge in [0.1, 0.15) is 17.1 Å². The molecule has 0 radical (unpaired) electrons. The summed E-state index contributed by atoms with van der Waals surface area (Å²) < 4.78 is 18.8. The molecule has 0 aliphatic rings. The van der Waals surface area contributed by atoms with Gasteiger partial charge in [-0.25, -0.2) is 9.37 Å². The first-order chi connectivity index (χ1) is 9.58. The first-order valence-corrected chi connectivity index (χ1v) is 6.09. The molecule has 0 unspecified atom stereocenters. The zero-order valence-electron chi connectivity index (χ0n) is 11.0. The fraction of sp³-hybridized carbons (Fsp3) is 0.133. The molecule has 5 heteroatoms. The highest BCUT2D eigenvalue weighted by atomic mass is 19.1. The van der Waals surface area contributed by atoms with Crippen LogP contribution in [0.5, 0.6) is 0 Å². The van der Waals surface area contributed by atoms with Crippen molar-refractivity contribution >= 4 is 16.8 Å². The number of hydrogen-bond donors (Lipinski definition) is 0. The maximum absolute atomic E-state index is 13.3. The molecule has 100 valence electrons. The van der Waals surface area contributed by atoms with Gasteiger partial charge >= 0.3 is 0 Å². The number of carbonyl (C=O) groups is 1. The Morgan fingerprint density at radius 1 is 1.20 bits per heavy atom. The van der Waals surface area contributed by atoms with Crippen LogP contribution in [0, 0.1) is 19.7 Å². The minimum absolute atomic E-state index is 0.175. The van der Waals surface area contributed by atoms with Crippen LogP contribution in [-0.4, -0.2) is 15.8 Å². The van der Waals surface area contributed by atoms with E-state index in [1.807, 2.05) is 0 Å². The van der Waals surface area contributed by atoms with Crippen molar-refractivity contribution in [3.63, 3.8) is 0 Å². The molecule has 2 aromatic heterocycles. The van der Waals surface area contributed by atoms with E-state index in [4.69, 9.17) is 4.42 Å². The van der Waals surface area contributed by atoms with Crippen molar-refractivity contribution in [3.05, 3.63) is 59.1 Å². The normalized spacial score (nSPS) is 10.9. The topological polar surface area (TPSA) is 56.0 Å². The molecule has 0 N–H and O–H groups in total. The van der Waals surface area contributed by atoms with Gasteiger partial charge in [0.25, 0.3) is 0 Å². The van der Waals surface area contributed by atoms with Crippen LogP contribution in [0.1, 0.15) is 27.5 Å². The number of hydrogen-bond acceptors (Lipinski definition) is 4. The highest BCUT2D eigenvalue weighted by Crippen LogP contribution is 2.27. The monoisotopic (exact) mass is 270 g/mol. The Bertz CT molecular complexity index is 824. The average molecular weight is 270 g/mol. The van der Waals surface area contributed by atoms with Crippen LogP contribution in [0.15, 0.2) is 35.0 Å². The lowest BCUT2D eigenvalue weighted by Crippen LogP contribution is -2.07. The Morgan fingerprint density at radius 3 is 2.70 bits per heavy atom. The van der Waals surface area contributed by atoms with Gasteiger partial charge < -0.3 is 4.42 Å². The summed E-state index contributed by atoms with van der Waals surface area (Å²) in [5, 5.41) is 0.592. The van der Waals surface area contributed by atoms with Crippen LogP contribution in [-0.2, 0) is 0 Å². The minimum Gasteiger partial charge on any atom is -0.452 e. The quantitative estimate of drug-likeness (QED) is 0.671. The van der Waals surface area contributed by atoms with E-state index in [1.165, 1.54) is 30.6 Å². The predicted octanol–water partition coefficient (Wildman–Crippen LogP) is 3.21. The van der Waals surface area contributed by atoms with Crippen LogP contribution >= 0.6 is 0 Å². The van der Waals surface area contributed by atoms with E-state index >= 15 is 0 Å². The molecule has 2 heterocycles. The smallest absolute Gasteiger partial charge is 0.248 e. The van der Waals surface area contributed by atoms with Crippen LogP contribution < -0.4 is 0 Å². The number of aryl methyl sites for hydroxylation is 2. The van der Waals surface area contributed by atoms with Crippen LogP contribution in [0.25, 0.3) is 11.0 Å². The molecule has 3 rings (SSSR count). The van der Waals surface area contributed by atoms with Gasteiger partial charge in [-0.2, -0.15) is 0 Å². The molecule has 0 spiro atoms. The van der Waals surface area contributed by atoms with Gasteiger partial charge in [0.2, 0.25) is 5.78 Å². The molecule has 1 aromatic carbocycles. The number of carbonyl (C=O) groups excluding carboxylic acids is 1. The molecule has 0 bridgehead atoms. The maximum Gasteiger partial charge on any atom is 0.248 e. The van der Waals surface area contributed by atoms with E-state index in [2.05, 4.69) is 9.97 Å². The number of aromatic nitrogens is 2. The lowest BCUT2D eigenvalue weighted by Gasteiger charge is -2.00.